The molecule has 1 amide bonds. The van der Waals surface area contributed by atoms with Crippen LogP contribution < -0.4 is 0 Å². The smallest absolute Gasteiger partial charge is 0.222 e. The minimum Gasteiger partial charge on any atom is -0.338 e. The van der Waals surface area contributed by atoms with Gasteiger partial charge in [-0.25, -0.2) is 9.97 Å². The van der Waals surface area contributed by atoms with Crippen LogP contribution in [0.1, 0.15) is 47.1 Å². The molecule has 3 aromatic heterocycles. The van der Waals surface area contributed by atoms with Gasteiger partial charge in [0.1, 0.15) is 18.2 Å². The van der Waals surface area contributed by atoms with Crippen LogP contribution in [0.4, 0.5) is 0 Å². The summed E-state index contributed by atoms with van der Waals surface area (Å²) in [6.07, 6.45) is 3.21. The van der Waals surface area contributed by atoms with Crippen LogP contribution in [0, 0.1) is 18.3 Å². The molecule has 1 aliphatic rings. The number of pyridine rings is 1. The number of nitrogens with zero attached hydrogens (tertiary/aromatic N) is 6. The van der Waals surface area contributed by atoms with Crippen molar-refractivity contribution in [1.29, 1.82) is 5.26 Å². The number of ketones is 1. The number of Topliss-reactive ketones (excluding diaryl/α,β-unsaturated/α-hetero) is 1. The number of aromatic nitrogens is 5. The molecule has 0 saturated carbocycles. The Kier molecular flexibility index (Phi) is 4.98. The fraction of sp³-hybridized carbons (Fsp3) is 0.250. The van der Waals surface area contributed by atoms with E-state index in [4.69, 9.17) is 4.98 Å². The summed E-state index contributed by atoms with van der Waals surface area (Å²) in [5.41, 5.74) is 4.87. The van der Waals surface area contributed by atoms with Crippen molar-refractivity contribution in [3.05, 3.63) is 59.2 Å². The number of likely N-dealkylation sites (tertiary alicyclic amines) is 1. The summed E-state index contributed by atoms with van der Waals surface area (Å²) >= 11 is 0. The van der Waals surface area contributed by atoms with Gasteiger partial charge in [-0.1, -0.05) is 6.07 Å². The van der Waals surface area contributed by atoms with E-state index in [9.17, 15) is 14.9 Å². The van der Waals surface area contributed by atoms with E-state index in [0.717, 1.165) is 29.6 Å². The van der Waals surface area contributed by atoms with Crippen molar-refractivity contribution in [2.45, 2.75) is 33.2 Å². The summed E-state index contributed by atoms with van der Waals surface area (Å²) < 4.78 is 1.84. The fourth-order valence-electron chi connectivity index (χ4n) is 4.29. The summed E-state index contributed by atoms with van der Waals surface area (Å²) in [4.78, 5) is 35.4. The van der Waals surface area contributed by atoms with Crippen molar-refractivity contribution in [1.82, 2.24) is 29.6 Å². The van der Waals surface area contributed by atoms with Gasteiger partial charge in [-0.15, -0.1) is 0 Å². The Morgan fingerprint density at radius 2 is 2.12 bits per heavy atom. The molecule has 0 aliphatic carbocycles. The molecule has 1 aliphatic heterocycles. The highest BCUT2D eigenvalue weighted by Gasteiger charge is 2.22. The summed E-state index contributed by atoms with van der Waals surface area (Å²) in [6, 6.07) is 11.5. The standard InChI is InChI=1S/C24H21N7O2/c1-14-23(19(11-25)29-28-14)24-17(15(2)32)6-8-21(27-24)31-13-26-18-10-16(5-7-20(18)31)12-30-9-3-4-22(30)33/h5-8,10,13H,3-4,9,12H2,1-2H3,(H,28,29). The summed E-state index contributed by atoms with van der Waals surface area (Å²) in [7, 11) is 0. The van der Waals surface area contributed by atoms with Gasteiger partial charge in [0.15, 0.2) is 11.5 Å². The highest BCUT2D eigenvalue weighted by atomic mass is 16.2. The van der Waals surface area contributed by atoms with E-state index in [-0.39, 0.29) is 17.4 Å². The number of carbonyl (C=O) groups is 2. The zero-order chi connectivity index (χ0) is 23.1. The van der Waals surface area contributed by atoms with Crippen molar-refractivity contribution in [3.63, 3.8) is 0 Å². The molecule has 9 nitrogen and oxygen atoms in total. The summed E-state index contributed by atoms with van der Waals surface area (Å²) in [5, 5.41) is 16.3. The number of aryl methyl sites for hydroxylation is 1. The van der Waals surface area contributed by atoms with Crippen molar-refractivity contribution in [2.75, 3.05) is 6.54 Å². The molecule has 1 N–H and O–H groups in total. The molecule has 1 saturated heterocycles. The van der Waals surface area contributed by atoms with Gasteiger partial charge in [0, 0.05) is 30.8 Å². The lowest BCUT2D eigenvalue weighted by atomic mass is 10.0. The van der Waals surface area contributed by atoms with Gasteiger partial charge in [0.2, 0.25) is 5.91 Å². The van der Waals surface area contributed by atoms with Crippen molar-refractivity contribution < 1.29 is 9.59 Å². The van der Waals surface area contributed by atoms with Crippen molar-refractivity contribution >= 4 is 22.7 Å². The van der Waals surface area contributed by atoms with E-state index < -0.39 is 0 Å². The molecule has 1 aromatic carbocycles. The molecule has 0 radical (unpaired) electrons. The summed E-state index contributed by atoms with van der Waals surface area (Å²) in [5.74, 6) is 0.615. The largest absolute Gasteiger partial charge is 0.338 e. The number of H-pyrrole nitrogens is 1. The molecular weight excluding hydrogens is 418 g/mol. The Morgan fingerprint density at radius 1 is 1.27 bits per heavy atom. The van der Waals surface area contributed by atoms with Crippen LogP contribution in [0.5, 0.6) is 0 Å². The second-order valence-electron chi connectivity index (χ2n) is 8.16. The molecule has 4 heterocycles. The molecule has 164 valence electrons. The normalized spacial score (nSPS) is 13.6. The number of rotatable bonds is 5. The Hall–Kier alpha value is -4.32. The van der Waals surface area contributed by atoms with E-state index in [0.29, 0.717) is 41.3 Å². The van der Waals surface area contributed by atoms with E-state index in [2.05, 4.69) is 21.3 Å². The number of hydrogen-bond donors (Lipinski definition) is 1. The highest BCUT2D eigenvalue weighted by Crippen LogP contribution is 2.29. The zero-order valence-electron chi connectivity index (χ0n) is 18.3. The van der Waals surface area contributed by atoms with Crippen LogP contribution in [0.3, 0.4) is 0 Å². The maximum Gasteiger partial charge on any atom is 0.222 e. The molecular formula is C24H21N7O2. The minimum atomic E-state index is -0.148. The van der Waals surface area contributed by atoms with Crippen molar-refractivity contribution in [3.8, 4) is 23.1 Å². The van der Waals surface area contributed by atoms with Gasteiger partial charge in [-0.2, -0.15) is 10.4 Å². The number of nitrogens with one attached hydrogen (secondary N) is 1. The van der Waals surface area contributed by atoms with Crippen LogP contribution in [0.2, 0.25) is 0 Å². The maximum atomic E-state index is 12.3. The topological polar surface area (TPSA) is 121 Å². The average molecular weight is 439 g/mol. The molecule has 9 heteroatoms. The van der Waals surface area contributed by atoms with E-state index in [1.165, 1.54) is 6.92 Å². The van der Waals surface area contributed by atoms with Gasteiger partial charge < -0.3 is 4.90 Å². The zero-order valence-corrected chi connectivity index (χ0v) is 18.3. The maximum absolute atomic E-state index is 12.3. The number of fused-ring (bicyclic) bond motifs is 1. The first-order valence-electron chi connectivity index (χ1n) is 10.7. The molecule has 0 atom stereocenters. The average Bonchev–Trinajstić information content (AvgIpc) is 3.51. The minimum absolute atomic E-state index is 0.148. The number of imidazole rings is 1. The van der Waals surface area contributed by atoms with E-state index in [1.54, 1.807) is 25.4 Å². The first-order valence-corrected chi connectivity index (χ1v) is 10.7. The van der Waals surface area contributed by atoms with Gasteiger partial charge in [-0.05, 0) is 50.1 Å². The Balaban J connectivity index is 1.57. The van der Waals surface area contributed by atoms with Gasteiger partial charge in [-0.3, -0.25) is 19.3 Å². The van der Waals surface area contributed by atoms with Crippen LogP contribution in [-0.4, -0.2) is 47.9 Å². The molecule has 0 spiro atoms. The number of aromatic amines is 1. The molecule has 5 rings (SSSR count). The van der Waals surface area contributed by atoms with Gasteiger partial charge >= 0.3 is 0 Å². The lowest BCUT2D eigenvalue weighted by molar-refractivity contribution is -0.128. The lowest BCUT2D eigenvalue weighted by Crippen LogP contribution is -2.23. The second-order valence-corrected chi connectivity index (χ2v) is 8.16. The van der Waals surface area contributed by atoms with Crippen LogP contribution >= 0.6 is 0 Å². The van der Waals surface area contributed by atoms with E-state index in [1.807, 2.05) is 27.7 Å². The second kappa shape index (κ2) is 7.98. The molecule has 0 unspecified atom stereocenters. The number of hydrogen-bond acceptors (Lipinski definition) is 6. The lowest BCUT2D eigenvalue weighted by Gasteiger charge is -2.15. The molecule has 1 fully saturated rings. The van der Waals surface area contributed by atoms with E-state index >= 15 is 0 Å². The SMILES string of the molecule is CC(=O)c1ccc(-n2cnc3cc(CN4CCCC4=O)ccc32)nc1-c1c(C#N)n[nH]c1C. The molecule has 4 aromatic rings. The third-order valence-corrected chi connectivity index (χ3v) is 5.95. The first kappa shape index (κ1) is 20.6. The quantitative estimate of drug-likeness (QED) is 0.476. The monoisotopic (exact) mass is 439 g/mol. The molecule has 0 bridgehead atoms. The predicted octanol–water partition coefficient (Wildman–Crippen LogP) is 3.32. The van der Waals surface area contributed by atoms with Crippen LogP contribution in [0.25, 0.3) is 28.1 Å². The third kappa shape index (κ3) is 3.55. The Bertz CT molecular complexity index is 1460. The fourth-order valence-corrected chi connectivity index (χ4v) is 4.29. The number of carbonyl (C=O) groups excluding carboxylic acids is 2. The molecule has 33 heavy (non-hydrogen) atoms. The van der Waals surface area contributed by atoms with Gasteiger partial charge in [0.05, 0.1) is 22.3 Å². The van der Waals surface area contributed by atoms with Crippen LogP contribution in [0.15, 0.2) is 36.7 Å². The number of benzene rings is 1. The highest BCUT2D eigenvalue weighted by molar-refractivity contribution is 6.00. The number of amides is 1. The predicted molar refractivity (Wildman–Crippen MR) is 121 cm³/mol. The Morgan fingerprint density at radius 3 is 2.85 bits per heavy atom. The number of nitriles is 1. The summed E-state index contributed by atoms with van der Waals surface area (Å²) in [6.45, 7) is 4.63. The first-order chi connectivity index (χ1) is 16.0. The Labute approximate surface area is 189 Å². The third-order valence-electron chi connectivity index (χ3n) is 5.95. The van der Waals surface area contributed by atoms with Gasteiger partial charge in [0.25, 0.3) is 0 Å². The van der Waals surface area contributed by atoms with Crippen LogP contribution in [-0.2, 0) is 11.3 Å². The van der Waals surface area contributed by atoms with Crippen molar-refractivity contribution in [2.24, 2.45) is 0 Å².